The molecule has 0 unspecified atom stereocenters. The van der Waals surface area contributed by atoms with Crippen molar-refractivity contribution in [2.45, 2.75) is 75.9 Å². The lowest BCUT2D eigenvalue weighted by atomic mass is 9.52. The SMILES string of the molecule is CC#C[C@@]1(O)CC[C@@]2(Cc3ccccc3)c3ccc(OCc4noc(CCN5CCC5)n4)cc3CC[C@@H]2C1. The van der Waals surface area contributed by atoms with Gasteiger partial charge in [0.1, 0.15) is 11.4 Å². The molecule has 198 valence electrons. The van der Waals surface area contributed by atoms with Crippen molar-refractivity contribution < 1.29 is 14.4 Å². The van der Waals surface area contributed by atoms with E-state index in [1.54, 1.807) is 0 Å². The van der Waals surface area contributed by atoms with Gasteiger partial charge in [-0.2, -0.15) is 4.98 Å². The summed E-state index contributed by atoms with van der Waals surface area (Å²) in [5.41, 5.74) is 3.22. The Morgan fingerprint density at radius 2 is 2.03 bits per heavy atom. The molecule has 38 heavy (non-hydrogen) atoms. The van der Waals surface area contributed by atoms with Crippen LogP contribution in [0, 0.1) is 17.8 Å². The fourth-order valence-electron chi connectivity index (χ4n) is 6.85. The number of likely N-dealkylation sites (tertiary alicyclic amines) is 1. The summed E-state index contributed by atoms with van der Waals surface area (Å²) in [6.07, 6.45) is 7.43. The minimum atomic E-state index is -0.876. The van der Waals surface area contributed by atoms with Gasteiger partial charge in [0.2, 0.25) is 11.7 Å². The molecule has 3 atom stereocenters. The standard InChI is InChI=1S/C32H37N3O3/c1-2-14-31(36)15-16-32(21-24-7-4-3-5-8-24)26(22-31)10-9-25-20-27(11-12-28(25)32)37-23-29-33-30(38-34-29)13-19-35-17-6-18-35/h3-5,7-8,11-12,20,26,36H,6,9-10,13,15-19,21-23H2,1H3/t26-,31-,32+/m1/s1. The van der Waals surface area contributed by atoms with E-state index in [2.05, 4.69) is 75.4 Å². The number of aromatic nitrogens is 2. The lowest BCUT2D eigenvalue weighted by Gasteiger charge is -2.52. The average Bonchev–Trinajstić information content (AvgIpc) is 3.35. The highest BCUT2D eigenvalue weighted by molar-refractivity contribution is 5.45. The molecule has 2 aromatic carbocycles. The first-order chi connectivity index (χ1) is 18.6. The van der Waals surface area contributed by atoms with Crippen LogP contribution in [0.4, 0.5) is 0 Å². The Hall–Kier alpha value is -3.14. The van der Waals surface area contributed by atoms with Crippen LogP contribution in [0.1, 0.15) is 67.4 Å². The van der Waals surface area contributed by atoms with Crippen LogP contribution in [0.25, 0.3) is 0 Å². The monoisotopic (exact) mass is 511 g/mol. The molecule has 6 rings (SSSR count). The molecule has 0 bridgehead atoms. The molecular weight excluding hydrogens is 474 g/mol. The Bertz CT molecular complexity index is 1320. The summed E-state index contributed by atoms with van der Waals surface area (Å²) < 4.78 is 11.6. The van der Waals surface area contributed by atoms with E-state index in [4.69, 9.17) is 9.26 Å². The molecule has 0 spiro atoms. The number of aliphatic hydroxyl groups is 1. The highest BCUT2D eigenvalue weighted by Gasteiger charge is 2.51. The lowest BCUT2D eigenvalue weighted by molar-refractivity contribution is -0.00805. The van der Waals surface area contributed by atoms with Crippen LogP contribution in [-0.2, 0) is 31.3 Å². The van der Waals surface area contributed by atoms with Crippen LogP contribution in [0.15, 0.2) is 53.1 Å². The summed E-state index contributed by atoms with van der Waals surface area (Å²) in [7, 11) is 0. The summed E-state index contributed by atoms with van der Waals surface area (Å²) in [6.45, 7) is 5.44. The molecule has 0 radical (unpaired) electrons. The molecule has 1 saturated carbocycles. The van der Waals surface area contributed by atoms with Gasteiger partial charge in [0.15, 0.2) is 6.61 Å². The maximum absolute atomic E-state index is 11.2. The van der Waals surface area contributed by atoms with Gasteiger partial charge >= 0.3 is 0 Å². The van der Waals surface area contributed by atoms with Crippen LogP contribution in [0.2, 0.25) is 0 Å². The summed E-state index contributed by atoms with van der Waals surface area (Å²) in [5.74, 6) is 8.59. The predicted octanol–water partition coefficient (Wildman–Crippen LogP) is 4.88. The molecular formula is C32H37N3O3. The summed E-state index contributed by atoms with van der Waals surface area (Å²) in [4.78, 5) is 6.91. The van der Waals surface area contributed by atoms with E-state index in [0.29, 0.717) is 30.7 Å². The molecule has 0 amide bonds. The lowest BCUT2D eigenvalue weighted by Crippen LogP contribution is -2.50. The van der Waals surface area contributed by atoms with Crippen molar-refractivity contribution in [1.82, 2.24) is 15.0 Å². The number of rotatable bonds is 8. The van der Waals surface area contributed by atoms with E-state index < -0.39 is 5.60 Å². The maximum Gasteiger partial charge on any atom is 0.228 e. The van der Waals surface area contributed by atoms with Gasteiger partial charge < -0.3 is 19.3 Å². The smallest absolute Gasteiger partial charge is 0.228 e. The molecule has 1 aromatic heterocycles. The molecule has 6 nitrogen and oxygen atoms in total. The molecule has 2 heterocycles. The van der Waals surface area contributed by atoms with Gasteiger partial charge in [0, 0.05) is 18.4 Å². The Labute approximate surface area is 225 Å². The van der Waals surface area contributed by atoms with Gasteiger partial charge in [-0.25, -0.2) is 0 Å². The third-order valence-corrected chi connectivity index (χ3v) is 8.91. The molecule has 1 N–H and O–H groups in total. The summed E-state index contributed by atoms with van der Waals surface area (Å²) in [5, 5.41) is 15.3. The van der Waals surface area contributed by atoms with Gasteiger partial charge in [-0.1, -0.05) is 47.5 Å². The van der Waals surface area contributed by atoms with Crippen molar-refractivity contribution in [3.05, 3.63) is 76.9 Å². The van der Waals surface area contributed by atoms with E-state index in [-0.39, 0.29) is 5.41 Å². The number of ether oxygens (including phenoxy) is 1. The van der Waals surface area contributed by atoms with Gasteiger partial charge in [0.05, 0.1) is 0 Å². The van der Waals surface area contributed by atoms with Crippen LogP contribution in [-0.4, -0.2) is 45.4 Å². The van der Waals surface area contributed by atoms with Crippen molar-refractivity contribution in [1.29, 1.82) is 0 Å². The maximum atomic E-state index is 11.2. The first kappa shape index (κ1) is 25.2. The largest absolute Gasteiger partial charge is 0.485 e. The molecule has 2 aliphatic carbocycles. The molecule has 1 aliphatic heterocycles. The number of hydrogen-bond donors (Lipinski definition) is 1. The zero-order valence-corrected chi connectivity index (χ0v) is 22.3. The van der Waals surface area contributed by atoms with Gasteiger partial charge in [0.25, 0.3) is 0 Å². The first-order valence-electron chi connectivity index (χ1n) is 14.1. The Balaban J connectivity index is 1.20. The Kier molecular flexibility index (Phi) is 6.99. The van der Waals surface area contributed by atoms with Crippen molar-refractivity contribution in [3.8, 4) is 17.6 Å². The molecule has 2 fully saturated rings. The molecule has 3 aliphatic rings. The van der Waals surface area contributed by atoms with E-state index in [1.807, 2.05) is 6.92 Å². The highest BCUT2D eigenvalue weighted by atomic mass is 16.5. The zero-order chi connectivity index (χ0) is 26.0. The normalized spacial score (nSPS) is 26.4. The van der Waals surface area contributed by atoms with Gasteiger partial charge in [-0.05, 0) is 99.7 Å². The number of aryl methyl sites for hydroxylation is 1. The number of fused-ring (bicyclic) bond motifs is 3. The van der Waals surface area contributed by atoms with Crippen molar-refractivity contribution in [3.63, 3.8) is 0 Å². The quantitative estimate of drug-likeness (QED) is 0.435. The first-order valence-corrected chi connectivity index (χ1v) is 14.1. The molecule has 1 saturated heterocycles. The number of benzene rings is 2. The van der Waals surface area contributed by atoms with Crippen LogP contribution in [0.3, 0.4) is 0 Å². The molecule has 6 heteroatoms. The van der Waals surface area contributed by atoms with E-state index in [1.165, 1.54) is 36.2 Å². The average molecular weight is 512 g/mol. The van der Waals surface area contributed by atoms with Crippen LogP contribution < -0.4 is 4.74 Å². The Morgan fingerprint density at radius 1 is 1.16 bits per heavy atom. The second kappa shape index (κ2) is 10.6. The second-order valence-corrected chi connectivity index (χ2v) is 11.3. The van der Waals surface area contributed by atoms with Crippen LogP contribution in [0.5, 0.6) is 5.75 Å². The number of hydrogen-bond acceptors (Lipinski definition) is 6. The highest BCUT2D eigenvalue weighted by Crippen LogP contribution is 2.54. The Morgan fingerprint density at radius 3 is 2.82 bits per heavy atom. The third-order valence-electron chi connectivity index (χ3n) is 8.91. The fourth-order valence-corrected chi connectivity index (χ4v) is 6.85. The van der Waals surface area contributed by atoms with Crippen molar-refractivity contribution >= 4 is 0 Å². The van der Waals surface area contributed by atoms with Crippen LogP contribution >= 0.6 is 0 Å². The van der Waals surface area contributed by atoms with Crippen molar-refractivity contribution in [2.24, 2.45) is 5.92 Å². The minimum absolute atomic E-state index is 0.00580. The third kappa shape index (κ3) is 5.10. The zero-order valence-electron chi connectivity index (χ0n) is 22.3. The van der Waals surface area contributed by atoms with E-state index >= 15 is 0 Å². The molecule has 3 aromatic rings. The van der Waals surface area contributed by atoms with Gasteiger partial charge in [-0.3, -0.25) is 0 Å². The van der Waals surface area contributed by atoms with E-state index in [9.17, 15) is 5.11 Å². The number of nitrogens with zero attached hydrogens (tertiary/aromatic N) is 3. The van der Waals surface area contributed by atoms with Gasteiger partial charge in [-0.15, -0.1) is 5.92 Å². The topological polar surface area (TPSA) is 71.6 Å². The fraction of sp³-hybridized carbons (Fsp3) is 0.500. The summed E-state index contributed by atoms with van der Waals surface area (Å²) >= 11 is 0. The summed E-state index contributed by atoms with van der Waals surface area (Å²) in [6, 6.07) is 17.3. The van der Waals surface area contributed by atoms with Crippen molar-refractivity contribution in [2.75, 3.05) is 19.6 Å². The predicted molar refractivity (Wildman–Crippen MR) is 146 cm³/mol. The van der Waals surface area contributed by atoms with E-state index in [0.717, 1.165) is 50.8 Å². The second-order valence-electron chi connectivity index (χ2n) is 11.3. The minimum Gasteiger partial charge on any atom is -0.485 e.